The summed E-state index contributed by atoms with van der Waals surface area (Å²) in [5.74, 6) is -0.473. The Morgan fingerprint density at radius 3 is 2.29 bits per heavy atom. The molecular formula is C24H28O4. The number of esters is 2. The summed E-state index contributed by atoms with van der Waals surface area (Å²) in [4.78, 5) is 24.3. The quantitative estimate of drug-likeness (QED) is 0.499. The summed E-state index contributed by atoms with van der Waals surface area (Å²) in [5.41, 5.74) is 3.52. The van der Waals surface area contributed by atoms with E-state index in [1.165, 1.54) is 13.2 Å². The Bertz CT molecular complexity index is 886. The van der Waals surface area contributed by atoms with Crippen LogP contribution in [0, 0.1) is 0 Å². The lowest BCUT2D eigenvalue weighted by atomic mass is 9.91. The van der Waals surface area contributed by atoms with Crippen LogP contribution in [0.15, 0.2) is 48.5 Å². The van der Waals surface area contributed by atoms with Crippen LogP contribution in [0.5, 0.6) is 0 Å². The number of carbonyl (C=O) groups excluding carboxylic acids is 2. The maximum Gasteiger partial charge on any atom is 0.338 e. The summed E-state index contributed by atoms with van der Waals surface area (Å²) in [6.07, 6.45) is 3.16. The zero-order valence-electron chi connectivity index (χ0n) is 17.4. The summed E-state index contributed by atoms with van der Waals surface area (Å²) < 4.78 is 10.3. The van der Waals surface area contributed by atoms with E-state index in [0.717, 1.165) is 22.3 Å². The molecule has 0 saturated carbocycles. The third-order valence-electron chi connectivity index (χ3n) is 4.17. The van der Waals surface area contributed by atoms with Crippen LogP contribution in [0.2, 0.25) is 0 Å². The van der Waals surface area contributed by atoms with Crippen molar-refractivity contribution in [3.8, 4) is 11.1 Å². The molecule has 0 aliphatic rings. The molecule has 2 aromatic carbocycles. The number of hydrogen-bond acceptors (Lipinski definition) is 4. The van der Waals surface area contributed by atoms with Crippen LogP contribution < -0.4 is 0 Å². The minimum Gasteiger partial charge on any atom is -0.465 e. The molecule has 0 spiro atoms. The molecule has 148 valence electrons. The van der Waals surface area contributed by atoms with Gasteiger partial charge in [-0.3, -0.25) is 0 Å². The Morgan fingerprint density at radius 1 is 1.00 bits per heavy atom. The SMILES string of the molecule is COC(=O)c1ccccc1-c1ccc(C(C)C)cc1/C=C/C(=O)OC(C)(C)C. The van der Waals surface area contributed by atoms with Crippen molar-refractivity contribution in [1.82, 2.24) is 0 Å². The van der Waals surface area contributed by atoms with Crippen LogP contribution in [0.4, 0.5) is 0 Å². The van der Waals surface area contributed by atoms with Gasteiger partial charge in [-0.15, -0.1) is 0 Å². The number of rotatable bonds is 5. The van der Waals surface area contributed by atoms with Crippen molar-refractivity contribution in [2.45, 2.75) is 46.1 Å². The predicted octanol–water partition coefficient (Wildman–Crippen LogP) is 5.62. The van der Waals surface area contributed by atoms with E-state index in [-0.39, 0.29) is 0 Å². The van der Waals surface area contributed by atoms with E-state index in [0.29, 0.717) is 11.5 Å². The van der Waals surface area contributed by atoms with E-state index in [9.17, 15) is 9.59 Å². The van der Waals surface area contributed by atoms with Crippen molar-refractivity contribution < 1.29 is 19.1 Å². The van der Waals surface area contributed by atoms with Gasteiger partial charge in [0.2, 0.25) is 0 Å². The average Bonchev–Trinajstić information content (AvgIpc) is 2.64. The van der Waals surface area contributed by atoms with Crippen LogP contribution in [0.25, 0.3) is 17.2 Å². The van der Waals surface area contributed by atoms with Crippen LogP contribution >= 0.6 is 0 Å². The van der Waals surface area contributed by atoms with Crippen LogP contribution in [0.1, 0.15) is 62.0 Å². The molecule has 0 aliphatic carbocycles. The highest BCUT2D eigenvalue weighted by atomic mass is 16.6. The van der Waals surface area contributed by atoms with Gasteiger partial charge in [-0.1, -0.05) is 50.2 Å². The Hall–Kier alpha value is -2.88. The molecule has 0 aliphatic heterocycles. The second-order valence-corrected chi connectivity index (χ2v) is 7.91. The lowest BCUT2D eigenvalue weighted by Gasteiger charge is -2.18. The number of methoxy groups -OCH3 is 1. The van der Waals surface area contributed by atoms with E-state index in [2.05, 4.69) is 13.8 Å². The molecule has 0 amide bonds. The first-order chi connectivity index (χ1) is 13.1. The first-order valence-electron chi connectivity index (χ1n) is 9.35. The maximum atomic E-state index is 12.2. The fourth-order valence-electron chi connectivity index (χ4n) is 2.82. The fourth-order valence-corrected chi connectivity index (χ4v) is 2.82. The fraction of sp³-hybridized carbons (Fsp3) is 0.333. The monoisotopic (exact) mass is 380 g/mol. The number of carbonyl (C=O) groups is 2. The standard InChI is InChI=1S/C24H28O4/c1-16(2)17-11-13-19(20-9-7-8-10-21(20)23(26)27-6)18(15-17)12-14-22(25)28-24(3,4)5/h7-16H,1-6H3/b14-12+. The molecule has 0 radical (unpaired) electrons. The Morgan fingerprint density at radius 2 is 1.68 bits per heavy atom. The van der Waals surface area contributed by atoms with E-state index in [4.69, 9.17) is 9.47 Å². The largest absolute Gasteiger partial charge is 0.465 e. The van der Waals surface area contributed by atoms with Gasteiger partial charge in [0, 0.05) is 6.08 Å². The molecule has 0 atom stereocenters. The number of hydrogen-bond donors (Lipinski definition) is 0. The van der Waals surface area contributed by atoms with Gasteiger partial charge in [-0.05, 0) is 61.1 Å². The minimum absolute atomic E-state index is 0.332. The molecule has 0 aromatic heterocycles. The number of ether oxygens (including phenoxy) is 2. The molecule has 0 bridgehead atoms. The van der Waals surface area contributed by atoms with Gasteiger partial charge in [0.1, 0.15) is 5.60 Å². The molecule has 0 fully saturated rings. The maximum absolute atomic E-state index is 12.2. The summed E-state index contributed by atoms with van der Waals surface area (Å²) in [7, 11) is 1.37. The molecule has 28 heavy (non-hydrogen) atoms. The van der Waals surface area contributed by atoms with E-state index >= 15 is 0 Å². The number of benzene rings is 2. The molecular weight excluding hydrogens is 352 g/mol. The predicted molar refractivity (Wildman–Crippen MR) is 112 cm³/mol. The molecule has 0 heterocycles. The third-order valence-corrected chi connectivity index (χ3v) is 4.17. The Kier molecular flexibility index (Phi) is 6.79. The van der Waals surface area contributed by atoms with Crippen LogP contribution in [0.3, 0.4) is 0 Å². The summed E-state index contributed by atoms with van der Waals surface area (Å²) in [5, 5.41) is 0. The normalized spacial score (nSPS) is 11.7. The smallest absolute Gasteiger partial charge is 0.338 e. The molecule has 0 saturated heterocycles. The Balaban J connectivity index is 2.55. The molecule has 0 N–H and O–H groups in total. The zero-order chi connectivity index (χ0) is 20.9. The average molecular weight is 380 g/mol. The van der Waals surface area contributed by atoms with Crippen molar-refractivity contribution in [1.29, 1.82) is 0 Å². The zero-order valence-corrected chi connectivity index (χ0v) is 17.4. The summed E-state index contributed by atoms with van der Waals surface area (Å²) >= 11 is 0. The second-order valence-electron chi connectivity index (χ2n) is 7.91. The van der Waals surface area contributed by atoms with Gasteiger partial charge in [0.15, 0.2) is 0 Å². The molecule has 4 nitrogen and oxygen atoms in total. The van der Waals surface area contributed by atoms with Gasteiger partial charge >= 0.3 is 11.9 Å². The van der Waals surface area contributed by atoms with Gasteiger partial charge in [0.25, 0.3) is 0 Å². The molecule has 2 rings (SSSR count). The molecule has 4 heteroatoms. The van der Waals surface area contributed by atoms with Crippen molar-refractivity contribution in [3.63, 3.8) is 0 Å². The van der Waals surface area contributed by atoms with Crippen molar-refractivity contribution in [3.05, 3.63) is 65.2 Å². The second kappa shape index (κ2) is 8.87. The van der Waals surface area contributed by atoms with Crippen LogP contribution in [-0.2, 0) is 14.3 Å². The molecule has 0 unspecified atom stereocenters. The summed E-state index contributed by atoms with van der Waals surface area (Å²) in [6.45, 7) is 9.71. The first kappa shape index (κ1) is 21.4. The minimum atomic E-state index is -0.554. The van der Waals surface area contributed by atoms with Gasteiger partial charge in [0.05, 0.1) is 12.7 Å². The molecule has 2 aromatic rings. The van der Waals surface area contributed by atoms with Crippen LogP contribution in [-0.4, -0.2) is 24.6 Å². The lowest BCUT2D eigenvalue weighted by molar-refractivity contribution is -0.148. The highest BCUT2D eigenvalue weighted by Crippen LogP contribution is 2.31. The van der Waals surface area contributed by atoms with Crippen molar-refractivity contribution in [2.24, 2.45) is 0 Å². The van der Waals surface area contributed by atoms with Crippen molar-refractivity contribution in [2.75, 3.05) is 7.11 Å². The van der Waals surface area contributed by atoms with E-state index < -0.39 is 17.5 Å². The van der Waals surface area contributed by atoms with Gasteiger partial charge in [-0.25, -0.2) is 9.59 Å². The first-order valence-corrected chi connectivity index (χ1v) is 9.35. The van der Waals surface area contributed by atoms with E-state index in [1.807, 2.05) is 51.1 Å². The topological polar surface area (TPSA) is 52.6 Å². The van der Waals surface area contributed by atoms with E-state index in [1.54, 1.807) is 18.2 Å². The highest BCUT2D eigenvalue weighted by molar-refractivity contribution is 5.99. The van der Waals surface area contributed by atoms with Gasteiger partial charge < -0.3 is 9.47 Å². The lowest BCUT2D eigenvalue weighted by Crippen LogP contribution is -2.22. The summed E-state index contributed by atoms with van der Waals surface area (Å²) in [6, 6.07) is 13.3. The highest BCUT2D eigenvalue weighted by Gasteiger charge is 2.17. The third kappa shape index (κ3) is 5.56. The van der Waals surface area contributed by atoms with Crippen molar-refractivity contribution >= 4 is 18.0 Å². The van der Waals surface area contributed by atoms with Gasteiger partial charge in [-0.2, -0.15) is 0 Å². The Labute approximate surface area is 167 Å².